The maximum Gasteiger partial charge on any atom is 0.264 e. The Morgan fingerprint density at radius 2 is 1.74 bits per heavy atom. The molecule has 2 aliphatic heterocycles. The monoisotopic (exact) mass is 384 g/mol. The predicted octanol–water partition coefficient (Wildman–Crippen LogP) is 3.52. The van der Waals surface area contributed by atoms with E-state index in [1.807, 2.05) is 35.2 Å². The van der Waals surface area contributed by atoms with Crippen LogP contribution in [0, 0.1) is 0 Å². The van der Waals surface area contributed by atoms with Gasteiger partial charge in [-0.1, -0.05) is 31.5 Å². The Hall–Kier alpha value is -2.34. The number of benzene rings is 2. The van der Waals surface area contributed by atoms with Crippen LogP contribution in [0.3, 0.4) is 0 Å². The van der Waals surface area contributed by atoms with Crippen LogP contribution in [0.1, 0.15) is 37.3 Å². The quantitative estimate of drug-likeness (QED) is 0.766. The highest BCUT2D eigenvalue weighted by Crippen LogP contribution is 2.39. The molecule has 2 heterocycles. The van der Waals surface area contributed by atoms with E-state index in [1.165, 1.54) is 4.31 Å². The van der Waals surface area contributed by atoms with E-state index in [1.54, 1.807) is 12.1 Å². The Bertz CT molecular complexity index is 970. The number of hydrogen-bond acceptors (Lipinski definition) is 3. The highest BCUT2D eigenvalue weighted by Gasteiger charge is 2.34. The molecule has 1 amide bonds. The Labute approximate surface area is 160 Å². The summed E-state index contributed by atoms with van der Waals surface area (Å²) >= 11 is 0. The first kappa shape index (κ1) is 18.0. The molecular formula is C21H24N2O3S. The Morgan fingerprint density at radius 1 is 1.04 bits per heavy atom. The van der Waals surface area contributed by atoms with E-state index >= 15 is 0 Å². The Kier molecular flexibility index (Phi) is 4.68. The lowest BCUT2D eigenvalue weighted by Gasteiger charge is -2.28. The van der Waals surface area contributed by atoms with Crippen LogP contribution in [0.15, 0.2) is 47.4 Å². The van der Waals surface area contributed by atoms with E-state index in [0.717, 1.165) is 36.1 Å². The molecule has 142 valence electrons. The van der Waals surface area contributed by atoms with E-state index in [-0.39, 0.29) is 5.91 Å². The van der Waals surface area contributed by atoms with Gasteiger partial charge >= 0.3 is 0 Å². The largest absolute Gasteiger partial charge is 0.312 e. The van der Waals surface area contributed by atoms with Gasteiger partial charge in [0.05, 0.1) is 16.3 Å². The second-order valence-corrected chi connectivity index (χ2v) is 9.01. The third kappa shape index (κ3) is 3.12. The summed E-state index contributed by atoms with van der Waals surface area (Å²) in [5, 5.41) is 0. The van der Waals surface area contributed by atoms with Crippen molar-refractivity contribution in [2.75, 3.05) is 22.3 Å². The fourth-order valence-electron chi connectivity index (χ4n) is 3.99. The van der Waals surface area contributed by atoms with Crippen molar-refractivity contribution in [3.63, 3.8) is 0 Å². The van der Waals surface area contributed by atoms with Gasteiger partial charge in [0.2, 0.25) is 5.91 Å². The van der Waals surface area contributed by atoms with E-state index < -0.39 is 10.0 Å². The molecule has 0 aliphatic carbocycles. The lowest BCUT2D eigenvalue weighted by atomic mass is 10.00. The normalized spacial score (nSPS) is 15.7. The second kappa shape index (κ2) is 7.00. The number of unbranched alkanes of at least 4 members (excludes halogenated alkanes) is 1. The molecule has 0 aromatic heterocycles. The Balaban J connectivity index is 1.78. The summed E-state index contributed by atoms with van der Waals surface area (Å²) in [5.74, 6) is 0.144. The predicted molar refractivity (Wildman–Crippen MR) is 107 cm³/mol. The summed E-state index contributed by atoms with van der Waals surface area (Å²) in [6.45, 7) is 3.17. The van der Waals surface area contributed by atoms with E-state index in [4.69, 9.17) is 0 Å². The van der Waals surface area contributed by atoms with Gasteiger partial charge in [-0.15, -0.1) is 0 Å². The van der Waals surface area contributed by atoms with Crippen molar-refractivity contribution in [2.24, 2.45) is 0 Å². The van der Waals surface area contributed by atoms with Gasteiger partial charge in [0.25, 0.3) is 10.0 Å². The first-order valence-electron chi connectivity index (χ1n) is 9.56. The van der Waals surface area contributed by atoms with Crippen LogP contribution in [-0.4, -0.2) is 27.4 Å². The fourth-order valence-corrected chi connectivity index (χ4v) is 5.59. The lowest BCUT2D eigenvalue weighted by Crippen LogP contribution is -2.34. The lowest BCUT2D eigenvalue weighted by molar-refractivity contribution is -0.118. The van der Waals surface area contributed by atoms with Gasteiger partial charge in [-0.3, -0.25) is 9.10 Å². The van der Waals surface area contributed by atoms with Gasteiger partial charge in [-0.05, 0) is 54.7 Å². The maximum absolute atomic E-state index is 13.5. The van der Waals surface area contributed by atoms with Crippen molar-refractivity contribution >= 4 is 27.3 Å². The summed E-state index contributed by atoms with van der Waals surface area (Å²) < 4.78 is 28.6. The molecule has 0 N–H and O–H groups in total. The summed E-state index contributed by atoms with van der Waals surface area (Å²) in [6, 6.07) is 12.8. The fraction of sp³-hybridized carbons (Fsp3) is 0.381. The highest BCUT2D eigenvalue weighted by atomic mass is 32.2. The molecule has 2 aliphatic rings. The molecule has 0 atom stereocenters. The van der Waals surface area contributed by atoms with E-state index in [0.29, 0.717) is 36.5 Å². The molecule has 27 heavy (non-hydrogen) atoms. The van der Waals surface area contributed by atoms with E-state index in [2.05, 4.69) is 6.92 Å². The number of hydrogen-bond donors (Lipinski definition) is 0. The zero-order valence-electron chi connectivity index (χ0n) is 15.5. The molecule has 5 nitrogen and oxygen atoms in total. The summed E-state index contributed by atoms with van der Waals surface area (Å²) in [7, 11) is -3.66. The molecule has 0 fully saturated rings. The van der Waals surface area contributed by atoms with Crippen molar-refractivity contribution in [2.45, 2.75) is 43.9 Å². The number of aryl methyl sites for hydroxylation is 1. The first-order chi connectivity index (χ1) is 13.0. The van der Waals surface area contributed by atoms with Crippen LogP contribution in [0.5, 0.6) is 0 Å². The summed E-state index contributed by atoms with van der Waals surface area (Å²) in [5.41, 5.74) is 3.59. The second-order valence-electron chi connectivity index (χ2n) is 7.15. The standard InChI is InChI=1S/C21H24N2O3S/c1-2-3-12-23(18-7-5-4-6-8-18)27(25,26)19-14-16-9-10-20(24)22-13-11-17(15-19)21(16)22/h4-8,14-15H,2-3,9-13H2,1H3. The topological polar surface area (TPSA) is 57.7 Å². The SMILES string of the molecule is CCCCN(c1ccccc1)S(=O)(=O)c1cc2c3c(c1)CCN3C(=O)CC2. The minimum Gasteiger partial charge on any atom is -0.312 e. The van der Waals surface area contributed by atoms with Crippen molar-refractivity contribution in [1.29, 1.82) is 0 Å². The van der Waals surface area contributed by atoms with Crippen LogP contribution >= 0.6 is 0 Å². The number of nitrogens with zero attached hydrogens (tertiary/aromatic N) is 2. The average molecular weight is 385 g/mol. The Morgan fingerprint density at radius 3 is 2.44 bits per heavy atom. The van der Waals surface area contributed by atoms with Crippen molar-refractivity contribution in [1.82, 2.24) is 0 Å². The molecule has 6 heteroatoms. The number of para-hydroxylation sites is 1. The van der Waals surface area contributed by atoms with Crippen LogP contribution in [0.4, 0.5) is 11.4 Å². The number of sulfonamides is 1. The summed E-state index contributed by atoms with van der Waals surface area (Å²) in [6.07, 6.45) is 3.51. The molecular weight excluding hydrogens is 360 g/mol. The number of carbonyl (C=O) groups excluding carboxylic acids is 1. The third-order valence-corrected chi connectivity index (χ3v) is 7.18. The van der Waals surface area contributed by atoms with Gasteiger partial charge in [0, 0.05) is 19.5 Å². The molecule has 2 aromatic carbocycles. The minimum atomic E-state index is -3.66. The molecule has 0 saturated carbocycles. The van der Waals surface area contributed by atoms with Gasteiger partial charge in [0.1, 0.15) is 0 Å². The molecule has 0 saturated heterocycles. The van der Waals surface area contributed by atoms with Crippen LogP contribution in [0.25, 0.3) is 0 Å². The maximum atomic E-state index is 13.5. The van der Waals surface area contributed by atoms with E-state index in [9.17, 15) is 13.2 Å². The van der Waals surface area contributed by atoms with Crippen LogP contribution in [0.2, 0.25) is 0 Å². The zero-order chi connectivity index (χ0) is 19.0. The smallest absolute Gasteiger partial charge is 0.264 e. The number of anilines is 2. The number of rotatable bonds is 6. The highest BCUT2D eigenvalue weighted by molar-refractivity contribution is 7.92. The van der Waals surface area contributed by atoms with Crippen LogP contribution < -0.4 is 9.21 Å². The van der Waals surface area contributed by atoms with Crippen molar-refractivity contribution in [3.8, 4) is 0 Å². The molecule has 0 spiro atoms. The first-order valence-corrected chi connectivity index (χ1v) is 11.0. The number of amides is 1. The zero-order valence-corrected chi connectivity index (χ0v) is 16.3. The summed E-state index contributed by atoms with van der Waals surface area (Å²) in [4.78, 5) is 14.3. The molecule has 2 aromatic rings. The van der Waals surface area contributed by atoms with Gasteiger partial charge in [-0.2, -0.15) is 0 Å². The van der Waals surface area contributed by atoms with Crippen molar-refractivity contribution < 1.29 is 13.2 Å². The van der Waals surface area contributed by atoms with Crippen molar-refractivity contribution in [3.05, 3.63) is 53.6 Å². The molecule has 0 bridgehead atoms. The van der Waals surface area contributed by atoms with Crippen LogP contribution in [-0.2, 0) is 27.7 Å². The van der Waals surface area contributed by atoms with Gasteiger partial charge in [0.15, 0.2) is 0 Å². The van der Waals surface area contributed by atoms with Gasteiger partial charge < -0.3 is 4.90 Å². The molecule has 0 unspecified atom stereocenters. The average Bonchev–Trinajstić information content (AvgIpc) is 3.11. The minimum absolute atomic E-state index is 0.144. The molecule has 4 rings (SSSR count). The number of carbonyl (C=O) groups is 1. The van der Waals surface area contributed by atoms with Gasteiger partial charge in [-0.25, -0.2) is 8.42 Å². The third-order valence-electron chi connectivity index (χ3n) is 5.37. The molecule has 0 radical (unpaired) electrons.